The molecule has 0 aromatic carbocycles. The first-order valence-electron chi connectivity index (χ1n) is 8.42. The summed E-state index contributed by atoms with van der Waals surface area (Å²) in [4.78, 5) is 7.33. The van der Waals surface area contributed by atoms with Crippen LogP contribution >= 0.6 is 0 Å². The Hall–Kier alpha value is -0.770. The number of piperidine rings is 1. The standard InChI is InChI=1S/C16H34N4/c1-5-15(4)19-16(17-6-2)18-12-14(3)13-20-10-8-7-9-11-20/h14-15H,5-13H2,1-4H3,(H2,17,18,19). The van der Waals surface area contributed by atoms with E-state index in [9.17, 15) is 0 Å². The SMILES string of the molecule is CCNC(=NCC(C)CN1CCCCC1)NC(C)CC. The van der Waals surface area contributed by atoms with Crippen LogP contribution in [0.2, 0.25) is 0 Å². The van der Waals surface area contributed by atoms with Gasteiger partial charge in [0, 0.05) is 25.7 Å². The van der Waals surface area contributed by atoms with Crippen molar-refractivity contribution in [2.24, 2.45) is 10.9 Å². The molecule has 1 aliphatic heterocycles. The fourth-order valence-corrected chi connectivity index (χ4v) is 2.54. The van der Waals surface area contributed by atoms with Crippen LogP contribution in [0.25, 0.3) is 0 Å². The summed E-state index contributed by atoms with van der Waals surface area (Å²) < 4.78 is 0. The number of nitrogens with one attached hydrogen (secondary N) is 2. The molecular weight excluding hydrogens is 248 g/mol. The molecular formula is C16H34N4. The Balaban J connectivity index is 2.35. The zero-order valence-corrected chi connectivity index (χ0v) is 13.9. The van der Waals surface area contributed by atoms with Crippen molar-refractivity contribution in [2.45, 2.75) is 59.4 Å². The Labute approximate surface area is 125 Å². The predicted molar refractivity (Wildman–Crippen MR) is 88.3 cm³/mol. The summed E-state index contributed by atoms with van der Waals surface area (Å²) in [6.45, 7) is 14.4. The first kappa shape index (κ1) is 17.3. The first-order chi connectivity index (χ1) is 9.65. The van der Waals surface area contributed by atoms with Crippen LogP contribution in [0.15, 0.2) is 4.99 Å². The van der Waals surface area contributed by atoms with E-state index >= 15 is 0 Å². The van der Waals surface area contributed by atoms with Crippen LogP contribution in [0.5, 0.6) is 0 Å². The molecule has 2 N–H and O–H groups in total. The van der Waals surface area contributed by atoms with Gasteiger partial charge in [-0.15, -0.1) is 0 Å². The maximum atomic E-state index is 4.73. The van der Waals surface area contributed by atoms with E-state index in [1.165, 1.54) is 38.9 Å². The van der Waals surface area contributed by atoms with Crippen LogP contribution in [-0.2, 0) is 0 Å². The molecule has 20 heavy (non-hydrogen) atoms. The van der Waals surface area contributed by atoms with Gasteiger partial charge in [0.25, 0.3) is 0 Å². The maximum absolute atomic E-state index is 4.73. The van der Waals surface area contributed by atoms with Crippen LogP contribution in [0.1, 0.15) is 53.4 Å². The van der Waals surface area contributed by atoms with Gasteiger partial charge in [0.05, 0.1) is 0 Å². The summed E-state index contributed by atoms with van der Waals surface area (Å²) in [5.41, 5.74) is 0. The van der Waals surface area contributed by atoms with Gasteiger partial charge in [0.2, 0.25) is 0 Å². The Bertz CT molecular complexity index is 272. The van der Waals surface area contributed by atoms with Crippen molar-refractivity contribution in [3.8, 4) is 0 Å². The lowest BCUT2D eigenvalue weighted by Gasteiger charge is -2.28. The highest BCUT2D eigenvalue weighted by atomic mass is 15.2. The van der Waals surface area contributed by atoms with E-state index in [-0.39, 0.29) is 0 Å². The van der Waals surface area contributed by atoms with E-state index in [1.807, 2.05) is 0 Å². The van der Waals surface area contributed by atoms with Crippen LogP contribution in [0.4, 0.5) is 0 Å². The minimum Gasteiger partial charge on any atom is -0.357 e. The van der Waals surface area contributed by atoms with Crippen molar-refractivity contribution < 1.29 is 0 Å². The zero-order chi connectivity index (χ0) is 14.8. The second-order valence-electron chi connectivity index (χ2n) is 6.14. The van der Waals surface area contributed by atoms with Crippen LogP contribution in [0.3, 0.4) is 0 Å². The van der Waals surface area contributed by atoms with Crippen molar-refractivity contribution in [2.75, 3.05) is 32.7 Å². The van der Waals surface area contributed by atoms with E-state index in [0.717, 1.165) is 25.5 Å². The summed E-state index contributed by atoms with van der Waals surface area (Å²) in [6, 6.07) is 0.477. The summed E-state index contributed by atoms with van der Waals surface area (Å²) in [7, 11) is 0. The average molecular weight is 282 g/mol. The summed E-state index contributed by atoms with van der Waals surface area (Å²) in [6.07, 6.45) is 5.27. The smallest absolute Gasteiger partial charge is 0.191 e. The molecule has 1 aliphatic rings. The van der Waals surface area contributed by atoms with Gasteiger partial charge in [-0.1, -0.05) is 20.3 Å². The largest absolute Gasteiger partial charge is 0.357 e. The highest BCUT2D eigenvalue weighted by molar-refractivity contribution is 5.80. The third-order valence-electron chi connectivity index (χ3n) is 3.92. The van der Waals surface area contributed by atoms with Gasteiger partial charge in [0.1, 0.15) is 0 Å². The molecule has 0 amide bonds. The molecule has 0 saturated carbocycles. The molecule has 4 heteroatoms. The van der Waals surface area contributed by atoms with Gasteiger partial charge in [0.15, 0.2) is 5.96 Å². The molecule has 2 unspecified atom stereocenters. The lowest BCUT2D eigenvalue weighted by Crippen LogP contribution is -2.42. The first-order valence-corrected chi connectivity index (χ1v) is 8.42. The molecule has 0 radical (unpaired) electrons. The Kier molecular flexibility index (Phi) is 8.67. The molecule has 118 valence electrons. The molecule has 0 aromatic rings. The molecule has 0 aliphatic carbocycles. The predicted octanol–water partition coefficient (Wildman–Crippen LogP) is 2.46. The van der Waals surface area contributed by atoms with Crippen molar-refractivity contribution >= 4 is 5.96 Å². The lowest BCUT2D eigenvalue weighted by atomic mass is 10.1. The fourth-order valence-electron chi connectivity index (χ4n) is 2.54. The second kappa shape index (κ2) is 10.0. The molecule has 1 rings (SSSR count). The van der Waals surface area contributed by atoms with E-state index in [4.69, 9.17) is 4.99 Å². The molecule has 1 heterocycles. The van der Waals surface area contributed by atoms with Gasteiger partial charge in [-0.05, 0) is 52.1 Å². The third kappa shape index (κ3) is 7.13. The molecule has 0 spiro atoms. The zero-order valence-electron chi connectivity index (χ0n) is 13.9. The van der Waals surface area contributed by atoms with Gasteiger partial charge in [-0.25, -0.2) is 0 Å². The number of guanidine groups is 1. The normalized spacial score (nSPS) is 20.5. The quantitative estimate of drug-likeness (QED) is 0.556. The number of rotatable bonds is 7. The maximum Gasteiger partial charge on any atom is 0.191 e. The number of nitrogens with zero attached hydrogens (tertiary/aromatic N) is 2. The van der Waals surface area contributed by atoms with E-state index in [0.29, 0.717) is 12.0 Å². The fraction of sp³-hybridized carbons (Fsp3) is 0.938. The van der Waals surface area contributed by atoms with Crippen molar-refractivity contribution in [1.82, 2.24) is 15.5 Å². The highest BCUT2D eigenvalue weighted by Gasteiger charge is 2.13. The third-order valence-corrected chi connectivity index (χ3v) is 3.92. The topological polar surface area (TPSA) is 39.7 Å². The highest BCUT2D eigenvalue weighted by Crippen LogP contribution is 2.11. The van der Waals surface area contributed by atoms with Crippen molar-refractivity contribution in [3.05, 3.63) is 0 Å². The Morgan fingerprint density at radius 1 is 1.15 bits per heavy atom. The number of hydrogen-bond donors (Lipinski definition) is 2. The number of hydrogen-bond acceptors (Lipinski definition) is 2. The van der Waals surface area contributed by atoms with Gasteiger partial charge in [-0.3, -0.25) is 4.99 Å². The Morgan fingerprint density at radius 2 is 1.85 bits per heavy atom. The molecule has 1 fully saturated rings. The minimum absolute atomic E-state index is 0.477. The molecule has 4 nitrogen and oxygen atoms in total. The molecule has 0 bridgehead atoms. The van der Waals surface area contributed by atoms with E-state index < -0.39 is 0 Å². The van der Waals surface area contributed by atoms with Crippen molar-refractivity contribution in [3.63, 3.8) is 0 Å². The van der Waals surface area contributed by atoms with Gasteiger partial charge >= 0.3 is 0 Å². The van der Waals surface area contributed by atoms with E-state index in [1.54, 1.807) is 0 Å². The Morgan fingerprint density at radius 3 is 2.45 bits per heavy atom. The number of aliphatic imine (C=N–C) groups is 1. The number of likely N-dealkylation sites (tertiary alicyclic amines) is 1. The van der Waals surface area contributed by atoms with Gasteiger partial charge < -0.3 is 15.5 Å². The van der Waals surface area contributed by atoms with Crippen LogP contribution in [-0.4, -0.2) is 49.6 Å². The summed E-state index contributed by atoms with van der Waals surface area (Å²) in [5, 5.41) is 6.78. The second-order valence-corrected chi connectivity index (χ2v) is 6.14. The van der Waals surface area contributed by atoms with Gasteiger partial charge in [-0.2, -0.15) is 0 Å². The summed E-state index contributed by atoms with van der Waals surface area (Å²) in [5.74, 6) is 1.59. The molecule has 2 atom stereocenters. The van der Waals surface area contributed by atoms with Crippen molar-refractivity contribution in [1.29, 1.82) is 0 Å². The average Bonchev–Trinajstić information content (AvgIpc) is 2.46. The van der Waals surface area contributed by atoms with Crippen LogP contribution < -0.4 is 10.6 Å². The molecule has 0 aromatic heterocycles. The molecule has 1 saturated heterocycles. The van der Waals surface area contributed by atoms with E-state index in [2.05, 4.69) is 43.2 Å². The monoisotopic (exact) mass is 282 g/mol. The van der Waals surface area contributed by atoms with Crippen LogP contribution in [0, 0.1) is 5.92 Å². The lowest BCUT2D eigenvalue weighted by molar-refractivity contribution is 0.203. The summed E-state index contributed by atoms with van der Waals surface area (Å²) >= 11 is 0. The minimum atomic E-state index is 0.477.